The molecule has 20 heavy (non-hydrogen) atoms. The van der Waals surface area contributed by atoms with Gasteiger partial charge in [-0.3, -0.25) is 0 Å². The number of aromatic nitrogens is 4. The molecule has 2 rings (SSSR count). The molecule has 0 aliphatic rings. The molecule has 6 heteroatoms. The highest BCUT2D eigenvalue weighted by molar-refractivity contribution is 5.08. The van der Waals surface area contributed by atoms with Crippen molar-refractivity contribution in [2.75, 3.05) is 20.3 Å². The summed E-state index contributed by atoms with van der Waals surface area (Å²) in [6.45, 7) is 6.23. The molecule has 0 spiro atoms. The summed E-state index contributed by atoms with van der Waals surface area (Å²) in [5, 5.41) is 7.62. The molecule has 2 aromatic rings. The lowest BCUT2D eigenvalue weighted by atomic mass is 10.4. The van der Waals surface area contributed by atoms with E-state index in [0.717, 1.165) is 45.0 Å². The topological polar surface area (TPSA) is 56.9 Å². The maximum Gasteiger partial charge on any atom is 0.146 e. The Balaban J connectivity index is 1.95. The van der Waals surface area contributed by atoms with Crippen molar-refractivity contribution in [2.45, 2.75) is 33.0 Å². The van der Waals surface area contributed by atoms with Crippen molar-refractivity contribution in [3.05, 3.63) is 36.2 Å². The highest BCUT2D eigenvalue weighted by Gasteiger charge is 2.07. The summed E-state index contributed by atoms with van der Waals surface area (Å²) < 4.78 is 9.21. The Hall–Kier alpha value is -1.66. The van der Waals surface area contributed by atoms with E-state index in [1.54, 1.807) is 13.4 Å². The van der Waals surface area contributed by atoms with Crippen molar-refractivity contribution in [1.29, 1.82) is 0 Å². The van der Waals surface area contributed by atoms with Crippen LogP contribution in [0.1, 0.15) is 24.9 Å². The summed E-state index contributed by atoms with van der Waals surface area (Å²) in [5.41, 5.74) is 1.24. The highest BCUT2D eigenvalue weighted by atomic mass is 16.5. The van der Waals surface area contributed by atoms with E-state index in [1.165, 1.54) is 5.69 Å². The first-order chi connectivity index (χ1) is 9.85. The lowest BCUT2D eigenvalue weighted by Gasteiger charge is -2.10. The number of methoxy groups -OCH3 is 1. The zero-order valence-electron chi connectivity index (χ0n) is 12.2. The van der Waals surface area contributed by atoms with Gasteiger partial charge in [-0.1, -0.05) is 6.92 Å². The third-order valence-electron chi connectivity index (χ3n) is 3.16. The Bertz CT molecular complexity index is 505. The average Bonchev–Trinajstić information content (AvgIpc) is 3.06. The van der Waals surface area contributed by atoms with Gasteiger partial charge in [0.25, 0.3) is 0 Å². The van der Waals surface area contributed by atoms with E-state index in [2.05, 4.69) is 45.2 Å². The minimum Gasteiger partial charge on any atom is -0.383 e. The fourth-order valence-corrected chi connectivity index (χ4v) is 2.12. The molecule has 0 aromatic carbocycles. The van der Waals surface area contributed by atoms with Crippen LogP contribution >= 0.6 is 0 Å². The largest absolute Gasteiger partial charge is 0.383 e. The highest BCUT2D eigenvalue weighted by Crippen LogP contribution is 2.06. The van der Waals surface area contributed by atoms with Crippen molar-refractivity contribution in [1.82, 2.24) is 24.6 Å². The molecule has 0 bridgehead atoms. The van der Waals surface area contributed by atoms with Crippen LogP contribution in [0.4, 0.5) is 0 Å². The number of hydrogen-bond donors (Lipinski definition) is 1. The summed E-state index contributed by atoms with van der Waals surface area (Å²) in [5.74, 6) is 1.00. The van der Waals surface area contributed by atoms with E-state index >= 15 is 0 Å². The van der Waals surface area contributed by atoms with Crippen LogP contribution in [-0.2, 0) is 24.4 Å². The first-order valence-corrected chi connectivity index (χ1v) is 7.05. The van der Waals surface area contributed by atoms with Gasteiger partial charge >= 0.3 is 0 Å². The van der Waals surface area contributed by atoms with Crippen LogP contribution < -0.4 is 5.32 Å². The molecular weight excluding hydrogens is 254 g/mol. The zero-order valence-corrected chi connectivity index (χ0v) is 12.2. The van der Waals surface area contributed by atoms with Gasteiger partial charge in [-0.05, 0) is 18.6 Å². The SMILES string of the molecule is CCCn1ncnc1Cn1cccc1CNCCOC. The van der Waals surface area contributed by atoms with Crippen LogP contribution in [0, 0.1) is 0 Å². The summed E-state index contributed by atoms with van der Waals surface area (Å²) in [6.07, 6.45) is 4.77. The molecule has 0 aliphatic heterocycles. The van der Waals surface area contributed by atoms with Gasteiger partial charge in [0.15, 0.2) is 0 Å². The summed E-state index contributed by atoms with van der Waals surface area (Å²) in [7, 11) is 1.71. The number of nitrogens with zero attached hydrogens (tertiary/aromatic N) is 4. The van der Waals surface area contributed by atoms with E-state index in [9.17, 15) is 0 Å². The summed E-state index contributed by atoms with van der Waals surface area (Å²) in [6, 6.07) is 4.19. The van der Waals surface area contributed by atoms with Crippen molar-refractivity contribution in [3.63, 3.8) is 0 Å². The van der Waals surface area contributed by atoms with E-state index in [4.69, 9.17) is 4.74 Å². The molecule has 2 heterocycles. The lowest BCUT2D eigenvalue weighted by Crippen LogP contribution is -2.21. The molecule has 0 aliphatic carbocycles. The zero-order chi connectivity index (χ0) is 14.2. The van der Waals surface area contributed by atoms with Gasteiger partial charge in [0.05, 0.1) is 13.2 Å². The molecule has 0 saturated carbocycles. The van der Waals surface area contributed by atoms with E-state index in [-0.39, 0.29) is 0 Å². The minimum atomic E-state index is 0.728. The fourth-order valence-electron chi connectivity index (χ4n) is 2.12. The second kappa shape index (κ2) is 7.81. The van der Waals surface area contributed by atoms with Crippen molar-refractivity contribution < 1.29 is 4.74 Å². The maximum atomic E-state index is 5.03. The van der Waals surface area contributed by atoms with Crippen LogP contribution in [0.25, 0.3) is 0 Å². The Morgan fingerprint density at radius 2 is 2.30 bits per heavy atom. The standard InChI is InChI=1S/C14H23N5O/c1-3-7-19-14(16-12-17-19)11-18-8-4-5-13(18)10-15-6-9-20-2/h4-5,8,12,15H,3,6-7,9-11H2,1-2H3. The Morgan fingerprint density at radius 1 is 1.40 bits per heavy atom. The van der Waals surface area contributed by atoms with Crippen molar-refractivity contribution in [2.24, 2.45) is 0 Å². The van der Waals surface area contributed by atoms with Crippen LogP contribution in [0.5, 0.6) is 0 Å². The monoisotopic (exact) mass is 277 g/mol. The molecule has 0 amide bonds. The van der Waals surface area contributed by atoms with Crippen LogP contribution in [0.3, 0.4) is 0 Å². The van der Waals surface area contributed by atoms with Crippen molar-refractivity contribution in [3.8, 4) is 0 Å². The number of hydrogen-bond acceptors (Lipinski definition) is 4. The number of ether oxygens (including phenoxy) is 1. The molecular formula is C14H23N5O. The van der Waals surface area contributed by atoms with E-state index in [0.29, 0.717) is 0 Å². The molecule has 0 atom stereocenters. The molecule has 2 aromatic heterocycles. The summed E-state index contributed by atoms with van der Waals surface area (Å²) in [4.78, 5) is 4.35. The predicted molar refractivity (Wildman–Crippen MR) is 77.4 cm³/mol. The van der Waals surface area contributed by atoms with E-state index in [1.807, 2.05) is 4.68 Å². The second-order valence-electron chi connectivity index (χ2n) is 4.70. The molecule has 0 saturated heterocycles. The average molecular weight is 277 g/mol. The Kier molecular flexibility index (Phi) is 5.76. The first kappa shape index (κ1) is 14.7. The van der Waals surface area contributed by atoms with Gasteiger partial charge in [-0.25, -0.2) is 9.67 Å². The molecule has 1 N–H and O–H groups in total. The van der Waals surface area contributed by atoms with Gasteiger partial charge in [-0.2, -0.15) is 5.10 Å². The smallest absolute Gasteiger partial charge is 0.146 e. The predicted octanol–water partition coefficient (Wildman–Crippen LogP) is 1.27. The molecule has 0 radical (unpaired) electrons. The maximum absolute atomic E-state index is 5.03. The number of nitrogens with one attached hydrogen (secondary N) is 1. The van der Waals surface area contributed by atoms with Gasteiger partial charge in [0.1, 0.15) is 12.2 Å². The van der Waals surface area contributed by atoms with Gasteiger partial charge < -0.3 is 14.6 Å². The normalized spacial score (nSPS) is 11.1. The first-order valence-electron chi connectivity index (χ1n) is 7.05. The van der Waals surface area contributed by atoms with Crippen molar-refractivity contribution >= 4 is 0 Å². The van der Waals surface area contributed by atoms with E-state index < -0.39 is 0 Å². The lowest BCUT2D eigenvalue weighted by molar-refractivity contribution is 0.199. The second-order valence-corrected chi connectivity index (χ2v) is 4.70. The van der Waals surface area contributed by atoms with Gasteiger partial charge in [0, 0.05) is 38.6 Å². The Labute approximate surface area is 119 Å². The third kappa shape index (κ3) is 3.91. The van der Waals surface area contributed by atoms with Crippen LogP contribution in [-0.4, -0.2) is 39.6 Å². The quantitative estimate of drug-likeness (QED) is 0.701. The number of rotatable bonds is 9. The molecule has 6 nitrogen and oxygen atoms in total. The Morgan fingerprint density at radius 3 is 3.10 bits per heavy atom. The van der Waals surface area contributed by atoms with Gasteiger partial charge in [-0.15, -0.1) is 0 Å². The molecule has 0 unspecified atom stereocenters. The minimum absolute atomic E-state index is 0.728. The van der Waals surface area contributed by atoms with Crippen LogP contribution in [0.2, 0.25) is 0 Å². The summed E-state index contributed by atoms with van der Waals surface area (Å²) >= 11 is 0. The van der Waals surface area contributed by atoms with Crippen LogP contribution in [0.15, 0.2) is 24.7 Å². The molecule has 0 fully saturated rings. The van der Waals surface area contributed by atoms with Gasteiger partial charge in [0.2, 0.25) is 0 Å². The molecule has 110 valence electrons. The number of aryl methyl sites for hydroxylation is 1. The fraction of sp³-hybridized carbons (Fsp3) is 0.571. The third-order valence-corrected chi connectivity index (χ3v) is 3.16.